The van der Waals surface area contributed by atoms with Gasteiger partial charge in [-0.25, -0.2) is 0 Å². The van der Waals surface area contributed by atoms with Gasteiger partial charge in [0.1, 0.15) is 0 Å². The summed E-state index contributed by atoms with van der Waals surface area (Å²) < 4.78 is 3.27. The van der Waals surface area contributed by atoms with E-state index < -0.39 is 19.8 Å². The fourth-order valence-electron chi connectivity index (χ4n) is 8.60. The molecule has 0 aliphatic carbocycles. The van der Waals surface area contributed by atoms with Gasteiger partial charge in [-0.1, -0.05) is 0 Å². The van der Waals surface area contributed by atoms with Crippen LogP contribution in [0, 0.1) is 0 Å². The first-order valence-electron chi connectivity index (χ1n) is 20.3. The van der Waals surface area contributed by atoms with Crippen LogP contribution in [-0.2, 0) is 13.3 Å². The summed E-state index contributed by atoms with van der Waals surface area (Å²) in [6, 6.07) is 87.3. The zero-order valence-electron chi connectivity index (χ0n) is 32.6. The van der Waals surface area contributed by atoms with Crippen LogP contribution in [0.3, 0.4) is 0 Å². The summed E-state index contributed by atoms with van der Waals surface area (Å²) in [7, 11) is 0. The third kappa shape index (κ3) is 8.26. The SMILES string of the molecule is c1ccc(-c2cccc(-c3ccccc3)c2[CH2][Sn]([CH2]c2c(-c3ccccc3)cccc2-c2ccccc2)[CH2]c2c(-c3ccccc3)cccc2-c2ccccc2)cc1. The Morgan fingerprint density at radius 1 is 0.190 bits per heavy atom. The van der Waals surface area contributed by atoms with Crippen molar-refractivity contribution in [3.05, 3.63) is 253 Å². The maximum atomic E-state index is 2.36. The number of benzene rings is 9. The van der Waals surface area contributed by atoms with E-state index >= 15 is 0 Å². The van der Waals surface area contributed by atoms with Crippen LogP contribution >= 0.6 is 0 Å². The molecule has 0 bridgehead atoms. The number of hydrogen-bond acceptors (Lipinski definition) is 0. The predicted molar refractivity (Wildman–Crippen MR) is 249 cm³/mol. The van der Waals surface area contributed by atoms with E-state index in [4.69, 9.17) is 0 Å². The molecule has 1 heteroatoms. The van der Waals surface area contributed by atoms with Crippen molar-refractivity contribution in [3.63, 3.8) is 0 Å². The first-order valence-corrected chi connectivity index (χ1v) is 26.4. The van der Waals surface area contributed by atoms with E-state index in [1.807, 2.05) is 0 Å². The fraction of sp³-hybridized carbons (Fsp3) is 0.0526. The topological polar surface area (TPSA) is 0 Å². The van der Waals surface area contributed by atoms with E-state index in [9.17, 15) is 0 Å². The average molecular weight is 849 g/mol. The molecule has 58 heavy (non-hydrogen) atoms. The fourth-order valence-corrected chi connectivity index (χ4v) is 17.2. The Morgan fingerprint density at radius 3 is 0.534 bits per heavy atom. The zero-order valence-corrected chi connectivity index (χ0v) is 35.5. The molecular formula is C57H45Sn. The van der Waals surface area contributed by atoms with E-state index in [1.54, 1.807) is 0 Å². The average Bonchev–Trinajstić information content (AvgIpc) is 3.31. The monoisotopic (exact) mass is 849 g/mol. The molecule has 0 fully saturated rings. The molecule has 0 unspecified atom stereocenters. The van der Waals surface area contributed by atoms with Crippen molar-refractivity contribution in [2.75, 3.05) is 0 Å². The molecule has 9 rings (SSSR count). The first-order chi connectivity index (χ1) is 28.8. The Morgan fingerprint density at radius 2 is 0.362 bits per heavy atom. The Labute approximate surface area is 350 Å². The summed E-state index contributed by atoms with van der Waals surface area (Å²) in [5.74, 6) is 0. The second kappa shape index (κ2) is 17.9. The van der Waals surface area contributed by atoms with Gasteiger partial charge in [0.25, 0.3) is 0 Å². The van der Waals surface area contributed by atoms with E-state index in [0.717, 1.165) is 13.3 Å². The molecule has 0 aliphatic rings. The number of hydrogen-bond donors (Lipinski definition) is 0. The van der Waals surface area contributed by atoms with Crippen LogP contribution in [0.15, 0.2) is 237 Å². The molecule has 0 spiro atoms. The second-order valence-corrected chi connectivity index (χ2v) is 22.3. The van der Waals surface area contributed by atoms with E-state index in [1.165, 1.54) is 83.5 Å². The van der Waals surface area contributed by atoms with Gasteiger partial charge in [0, 0.05) is 0 Å². The van der Waals surface area contributed by atoms with Crippen LogP contribution in [0.5, 0.6) is 0 Å². The molecule has 0 saturated heterocycles. The second-order valence-electron chi connectivity index (χ2n) is 15.0. The molecule has 0 atom stereocenters. The van der Waals surface area contributed by atoms with Crippen molar-refractivity contribution in [2.24, 2.45) is 0 Å². The Balaban J connectivity index is 1.28. The molecule has 9 aromatic carbocycles. The Hall–Kier alpha value is -6.22. The van der Waals surface area contributed by atoms with Crippen LogP contribution in [0.1, 0.15) is 16.7 Å². The van der Waals surface area contributed by atoms with E-state index in [0.29, 0.717) is 0 Å². The van der Waals surface area contributed by atoms with Crippen molar-refractivity contribution in [2.45, 2.75) is 13.3 Å². The molecule has 0 heterocycles. The summed E-state index contributed by atoms with van der Waals surface area (Å²) in [5, 5.41) is 0. The van der Waals surface area contributed by atoms with Crippen LogP contribution < -0.4 is 0 Å². The number of rotatable bonds is 12. The standard InChI is InChI=1S/3C19H15.Sn/c3*1-15-18(16-9-4-2-5-10-16)13-8-14-19(15)17-11-6-3-7-12-17;/h3*2-14H,1H2;. The van der Waals surface area contributed by atoms with Gasteiger partial charge in [-0.3, -0.25) is 0 Å². The van der Waals surface area contributed by atoms with Gasteiger partial charge in [-0.05, 0) is 0 Å². The molecule has 0 aromatic heterocycles. The molecule has 277 valence electrons. The minimum absolute atomic E-state index is 1.09. The summed E-state index contributed by atoms with van der Waals surface area (Å²) >= 11 is -2.68. The van der Waals surface area contributed by atoms with Crippen LogP contribution in [0.2, 0.25) is 0 Å². The van der Waals surface area contributed by atoms with E-state index in [-0.39, 0.29) is 0 Å². The van der Waals surface area contributed by atoms with Gasteiger partial charge in [0.2, 0.25) is 0 Å². The van der Waals surface area contributed by atoms with Crippen molar-refractivity contribution in [3.8, 4) is 66.8 Å². The first kappa shape index (κ1) is 37.4. The van der Waals surface area contributed by atoms with Crippen molar-refractivity contribution >= 4 is 19.8 Å². The van der Waals surface area contributed by atoms with Gasteiger partial charge in [0.05, 0.1) is 0 Å². The third-order valence-electron chi connectivity index (χ3n) is 11.3. The molecule has 0 N–H and O–H groups in total. The summed E-state index contributed by atoms with van der Waals surface area (Å²) in [6.45, 7) is 0. The van der Waals surface area contributed by atoms with Gasteiger partial charge < -0.3 is 0 Å². The third-order valence-corrected chi connectivity index (χ3v) is 18.6. The summed E-state index contributed by atoms with van der Waals surface area (Å²) in [5.41, 5.74) is 20.2. The molecule has 9 aromatic rings. The molecular weight excluding hydrogens is 803 g/mol. The van der Waals surface area contributed by atoms with Crippen molar-refractivity contribution in [1.29, 1.82) is 0 Å². The van der Waals surface area contributed by atoms with Gasteiger partial charge >= 0.3 is 353 Å². The van der Waals surface area contributed by atoms with Crippen LogP contribution in [0.25, 0.3) is 66.8 Å². The van der Waals surface area contributed by atoms with Gasteiger partial charge in [0.15, 0.2) is 0 Å². The van der Waals surface area contributed by atoms with E-state index in [2.05, 4.69) is 237 Å². The Kier molecular flexibility index (Phi) is 11.5. The summed E-state index contributed by atoms with van der Waals surface area (Å²) in [6.07, 6.45) is 0. The molecule has 0 amide bonds. The molecule has 0 saturated carbocycles. The summed E-state index contributed by atoms with van der Waals surface area (Å²) in [4.78, 5) is 0. The maximum absolute atomic E-state index is 2.68. The predicted octanol–water partition coefficient (Wildman–Crippen LogP) is 14.8. The van der Waals surface area contributed by atoms with Crippen LogP contribution in [0.4, 0.5) is 0 Å². The normalized spacial score (nSPS) is 11.1. The molecule has 0 aliphatic heterocycles. The Bertz CT molecular complexity index is 2230. The quantitative estimate of drug-likeness (QED) is 0.107. The van der Waals surface area contributed by atoms with Gasteiger partial charge in [-0.2, -0.15) is 0 Å². The minimum atomic E-state index is -2.68. The van der Waals surface area contributed by atoms with Crippen LogP contribution in [-0.4, -0.2) is 19.8 Å². The molecule has 0 nitrogen and oxygen atoms in total. The van der Waals surface area contributed by atoms with Crippen molar-refractivity contribution in [1.82, 2.24) is 0 Å². The van der Waals surface area contributed by atoms with Crippen molar-refractivity contribution < 1.29 is 0 Å². The van der Waals surface area contributed by atoms with Gasteiger partial charge in [-0.15, -0.1) is 0 Å². The molecule has 1 radical (unpaired) electrons. The zero-order chi connectivity index (χ0) is 38.9.